The molecule has 0 aliphatic carbocycles. The van der Waals surface area contributed by atoms with Crippen LogP contribution in [0.4, 0.5) is 5.69 Å². The molecule has 1 aromatic heterocycles. The van der Waals surface area contributed by atoms with Crippen molar-refractivity contribution in [2.24, 2.45) is 0 Å². The van der Waals surface area contributed by atoms with E-state index in [1.807, 2.05) is 67.6 Å². The van der Waals surface area contributed by atoms with Crippen LogP contribution in [0.5, 0.6) is 5.75 Å². The quantitative estimate of drug-likeness (QED) is 0.618. The number of amides is 1. The molecule has 0 bridgehead atoms. The van der Waals surface area contributed by atoms with Gasteiger partial charge in [0.05, 0.1) is 24.4 Å². The first kappa shape index (κ1) is 19.4. The molecule has 28 heavy (non-hydrogen) atoms. The van der Waals surface area contributed by atoms with E-state index in [-0.39, 0.29) is 11.9 Å². The summed E-state index contributed by atoms with van der Waals surface area (Å²) in [6.07, 6.45) is 4.18. The van der Waals surface area contributed by atoms with Gasteiger partial charge >= 0.3 is 0 Å². The van der Waals surface area contributed by atoms with Gasteiger partial charge in [0.2, 0.25) is 0 Å². The summed E-state index contributed by atoms with van der Waals surface area (Å²) in [6.45, 7) is 2.72. The number of aromatic nitrogens is 1. The first-order valence-electron chi connectivity index (χ1n) is 9.33. The van der Waals surface area contributed by atoms with E-state index in [1.165, 1.54) is 5.56 Å². The lowest BCUT2D eigenvalue weighted by molar-refractivity contribution is 0.0939. The molecule has 0 saturated heterocycles. The Bertz CT molecular complexity index is 895. The number of ether oxygens (including phenoxy) is 1. The largest absolute Gasteiger partial charge is 0.497 e. The fourth-order valence-corrected chi connectivity index (χ4v) is 2.91. The van der Waals surface area contributed by atoms with Crippen molar-refractivity contribution in [1.29, 1.82) is 0 Å². The Kier molecular flexibility index (Phi) is 6.63. The number of nitrogens with one attached hydrogen (secondary N) is 2. The standard InChI is InChI=1S/C23H25N3O2/c1-17(19-6-4-3-5-7-19)26-23(27)20-14-21(16-24-15-20)25-13-12-18-8-10-22(28-2)11-9-18/h3-11,14-17,25H,12-13H2,1-2H3,(H,26,27). The van der Waals surface area contributed by atoms with E-state index >= 15 is 0 Å². The molecule has 1 atom stereocenters. The van der Waals surface area contributed by atoms with Crippen molar-refractivity contribution in [2.45, 2.75) is 19.4 Å². The predicted molar refractivity (Wildman–Crippen MR) is 112 cm³/mol. The van der Waals surface area contributed by atoms with Crippen LogP contribution in [0.1, 0.15) is 34.5 Å². The van der Waals surface area contributed by atoms with Crippen LogP contribution < -0.4 is 15.4 Å². The molecule has 0 spiro atoms. The molecule has 1 amide bonds. The number of benzene rings is 2. The SMILES string of the molecule is COc1ccc(CCNc2cncc(C(=O)NC(C)c3ccccc3)c2)cc1. The lowest BCUT2D eigenvalue weighted by atomic mass is 10.1. The van der Waals surface area contributed by atoms with Crippen LogP contribution in [0.2, 0.25) is 0 Å². The van der Waals surface area contributed by atoms with Crippen LogP contribution in [0.3, 0.4) is 0 Å². The second-order valence-corrected chi connectivity index (χ2v) is 6.59. The van der Waals surface area contributed by atoms with Crippen LogP contribution in [-0.2, 0) is 6.42 Å². The van der Waals surface area contributed by atoms with Gasteiger partial charge in [-0.1, -0.05) is 42.5 Å². The number of carbonyl (C=O) groups is 1. The second kappa shape index (κ2) is 9.55. The van der Waals surface area contributed by atoms with E-state index in [4.69, 9.17) is 4.74 Å². The Balaban J connectivity index is 1.54. The van der Waals surface area contributed by atoms with E-state index in [1.54, 1.807) is 19.5 Å². The third-order valence-corrected chi connectivity index (χ3v) is 4.55. The molecule has 3 rings (SSSR count). The van der Waals surface area contributed by atoms with Crippen molar-refractivity contribution in [3.63, 3.8) is 0 Å². The summed E-state index contributed by atoms with van der Waals surface area (Å²) in [5, 5.41) is 6.34. The minimum atomic E-state index is -0.136. The van der Waals surface area contributed by atoms with Gasteiger partial charge in [-0.25, -0.2) is 0 Å². The van der Waals surface area contributed by atoms with Gasteiger partial charge < -0.3 is 15.4 Å². The highest BCUT2D eigenvalue weighted by Crippen LogP contribution is 2.15. The topological polar surface area (TPSA) is 63.2 Å². The molecular formula is C23H25N3O2. The normalized spacial score (nSPS) is 11.5. The van der Waals surface area contributed by atoms with Crippen LogP contribution in [0.25, 0.3) is 0 Å². The van der Waals surface area contributed by atoms with Gasteiger partial charge in [-0.2, -0.15) is 0 Å². The number of carbonyl (C=O) groups excluding carboxylic acids is 1. The Hall–Kier alpha value is -3.34. The number of nitrogens with zero attached hydrogens (tertiary/aromatic N) is 1. The van der Waals surface area contributed by atoms with Crippen molar-refractivity contribution in [1.82, 2.24) is 10.3 Å². The van der Waals surface area contributed by atoms with E-state index < -0.39 is 0 Å². The Morgan fingerprint density at radius 2 is 1.82 bits per heavy atom. The van der Waals surface area contributed by atoms with E-state index in [0.717, 1.165) is 30.0 Å². The maximum atomic E-state index is 12.5. The first-order chi connectivity index (χ1) is 13.7. The number of rotatable bonds is 8. The summed E-state index contributed by atoms with van der Waals surface area (Å²) < 4.78 is 5.17. The minimum Gasteiger partial charge on any atom is -0.497 e. The fourth-order valence-electron chi connectivity index (χ4n) is 2.91. The molecule has 1 heterocycles. The molecule has 0 aliphatic rings. The minimum absolute atomic E-state index is 0.0691. The second-order valence-electron chi connectivity index (χ2n) is 6.59. The van der Waals surface area contributed by atoms with Gasteiger partial charge in [-0.05, 0) is 42.7 Å². The van der Waals surface area contributed by atoms with Crippen molar-refractivity contribution < 1.29 is 9.53 Å². The van der Waals surface area contributed by atoms with Crippen molar-refractivity contribution in [3.05, 3.63) is 89.7 Å². The zero-order valence-electron chi connectivity index (χ0n) is 16.2. The van der Waals surface area contributed by atoms with E-state index in [0.29, 0.717) is 5.56 Å². The van der Waals surface area contributed by atoms with Crippen molar-refractivity contribution in [2.75, 3.05) is 19.0 Å². The summed E-state index contributed by atoms with van der Waals surface area (Å²) in [5.41, 5.74) is 3.65. The molecule has 5 nitrogen and oxygen atoms in total. The van der Waals surface area contributed by atoms with Gasteiger partial charge in [-0.3, -0.25) is 9.78 Å². The maximum Gasteiger partial charge on any atom is 0.253 e. The third kappa shape index (κ3) is 5.33. The number of hydrogen-bond donors (Lipinski definition) is 2. The Morgan fingerprint density at radius 3 is 2.54 bits per heavy atom. The smallest absolute Gasteiger partial charge is 0.253 e. The Labute approximate surface area is 165 Å². The number of pyridine rings is 1. The molecule has 1 unspecified atom stereocenters. The summed E-state index contributed by atoms with van der Waals surface area (Å²) >= 11 is 0. The molecule has 0 saturated carbocycles. The molecule has 0 aliphatic heterocycles. The lowest BCUT2D eigenvalue weighted by Crippen LogP contribution is -2.26. The molecule has 144 valence electrons. The zero-order chi connectivity index (χ0) is 19.8. The molecule has 5 heteroatoms. The molecule has 0 radical (unpaired) electrons. The van der Waals surface area contributed by atoms with Gasteiger partial charge in [0.1, 0.15) is 5.75 Å². The summed E-state index contributed by atoms with van der Waals surface area (Å²) in [6, 6.07) is 19.7. The molecule has 2 N–H and O–H groups in total. The molecular weight excluding hydrogens is 350 g/mol. The van der Waals surface area contributed by atoms with Gasteiger partial charge in [0, 0.05) is 18.9 Å². The van der Waals surface area contributed by atoms with Gasteiger partial charge in [0.15, 0.2) is 0 Å². The van der Waals surface area contributed by atoms with Crippen LogP contribution in [-0.4, -0.2) is 24.5 Å². The summed E-state index contributed by atoms with van der Waals surface area (Å²) in [5.74, 6) is 0.715. The first-order valence-corrected chi connectivity index (χ1v) is 9.33. The molecule has 2 aromatic carbocycles. The molecule has 0 fully saturated rings. The average molecular weight is 375 g/mol. The highest BCUT2D eigenvalue weighted by Gasteiger charge is 2.12. The number of anilines is 1. The van der Waals surface area contributed by atoms with E-state index in [2.05, 4.69) is 15.6 Å². The summed E-state index contributed by atoms with van der Waals surface area (Å²) in [4.78, 5) is 16.7. The zero-order valence-corrected chi connectivity index (χ0v) is 16.2. The lowest BCUT2D eigenvalue weighted by Gasteiger charge is -2.14. The van der Waals surface area contributed by atoms with E-state index in [9.17, 15) is 4.79 Å². The van der Waals surface area contributed by atoms with Gasteiger partial charge in [-0.15, -0.1) is 0 Å². The average Bonchev–Trinajstić information content (AvgIpc) is 2.75. The van der Waals surface area contributed by atoms with Crippen LogP contribution in [0.15, 0.2) is 73.1 Å². The summed E-state index contributed by atoms with van der Waals surface area (Å²) in [7, 11) is 1.66. The fraction of sp³-hybridized carbons (Fsp3) is 0.217. The highest BCUT2D eigenvalue weighted by atomic mass is 16.5. The third-order valence-electron chi connectivity index (χ3n) is 4.55. The van der Waals surface area contributed by atoms with Crippen LogP contribution >= 0.6 is 0 Å². The maximum absolute atomic E-state index is 12.5. The molecule has 3 aromatic rings. The Morgan fingerprint density at radius 1 is 1.07 bits per heavy atom. The number of methoxy groups -OCH3 is 1. The number of hydrogen-bond acceptors (Lipinski definition) is 4. The van der Waals surface area contributed by atoms with Crippen molar-refractivity contribution >= 4 is 11.6 Å². The monoisotopic (exact) mass is 375 g/mol. The predicted octanol–water partition coefficient (Wildman–Crippen LogP) is 4.24. The van der Waals surface area contributed by atoms with Crippen molar-refractivity contribution in [3.8, 4) is 5.75 Å². The van der Waals surface area contributed by atoms with Gasteiger partial charge in [0.25, 0.3) is 5.91 Å². The highest BCUT2D eigenvalue weighted by molar-refractivity contribution is 5.94. The van der Waals surface area contributed by atoms with Crippen LogP contribution in [0, 0.1) is 0 Å².